The third-order valence-corrected chi connectivity index (χ3v) is 3.94. The first-order chi connectivity index (χ1) is 11.7. The quantitative estimate of drug-likeness (QED) is 0.714. The standard InChI is InChI=1S/C19H25NO4/c1-21-16-7-6-15(18(12-16)23-3)13-20-10-9-14-5-8-17(22-2)19(11-14)24-4/h5-8,11-12,20H,9-10,13H2,1-4H3/p+1. The second-order valence-electron chi connectivity index (χ2n) is 5.40. The van der Waals surface area contributed by atoms with Crippen LogP contribution >= 0.6 is 0 Å². The molecule has 5 heteroatoms. The lowest BCUT2D eigenvalue weighted by atomic mass is 10.1. The Hall–Kier alpha value is -2.40. The lowest BCUT2D eigenvalue weighted by Crippen LogP contribution is -2.83. The molecule has 24 heavy (non-hydrogen) atoms. The topological polar surface area (TPSA) is 53.5 Å². The molecule has 2 aromatic carbocycles. The molecule has 2 rings (SSSR count). The fourth-order valence-corrected chi connectivity index (χ4v) is 2.58. The maximum atomic E-state index is 5.43. The molecule has 0 unspecified atom stereocenters. The van der Waals surface area contributed by atoms with E-state index in [-0.39, 0.29) is 0 Å². The van der Waals surface area contributed by atoms with Crippen molar-refractivity contribution in [1.82, 2.24) is 0 Å². The summed E-state index contributed by atoms with van der Waals surface area (Å²) in [6.07, 6.45) is 0.957. The third-order valence-electron chi connectivity index (χ3n) is 3.94. The molecule has 0 spiro atoms. The van der Waals surface area contributed by atoms with Gasteiger partial charge in [-0.25, -0.2) is 0 Å². The van der Waals surface area contributed by atoms with Crippen LogP contribution in [0, 0.1) is 0 Å². The Kier molecular flexibility index (Phi) is 6.75. The molecule has 0 aromatic heterocycles. The summed E-state index contributed by atoms with van der Waals surface area (Å²) in [6.45, 7) is 1.84. The number of methoxy groups -OCH3 is 4. The lowest BCUT2D eigenvalue weighted by Gasteiger charge is -2.11. The summed E-state index contributed by atoms with van der Waals surface area (Å²) in [7, 11) is 6.64. The second kappa shape index (κ2) is 9.03. The number of ether oxygens (including phenoxy) is 4. The molecular formula is C19H26NO4+. The van der Waals surface area contributed by atoms with Crippen LogP contribution in [0.5, 0.6) is 23.0 Å². The van der Waals surface area contributed by atoms with Crippen molar-refractivity contribution in [2.45, 2.75) is 13.0 Å². The van der Waals surface area contributed by atoms with Gasteiger partial charge >= 0.3 is 0 Å². The van der Waals surface area contributed by atoms with Gasteiger partial charge in [-0.1, -0.05) is 6.07 Å². The maximum absolute atomic E-state index is 5.43. The second-order valence-corrected chi connectivity index (χ2v) is 5.40. The lowest BCUT2D eigenvalue weighted by molar-refractivity contribution is -0.670. The highest BCUT2D eigenvalue weighted by atomic mass is 16.5. The van der Waals surface area contributed by atoms with Gasteiger partial charge in [0.25, 0.3) is 0 Å². The van der Waals surface area contributed by atoms with Gasteiger partial charge < -0.3 is 24.3 Å². The summed E-state index contributed by atoms with van der Waals surface area (Å²) >= 11 is 0. The monoisotopic (exact) mass is 332 g/mol. The zero-order valence-electron chi connectivity index (χ0n) is 14.8. The van der Waals surface area contributed by atoms with Gasteiger partial charge in [-0.2, -0.15) is 0 Å². The van der Waals surface area contributed by atoms with E-state index in [0.717, 1.165) is 48.1 Å². The number of quaternary nitrogens is 1. The first-order valence-electron chi connectivity index (χ1n) is 7.95. The maximum Gasteiger partial charge on any atom is 0.160 e. The average molecular weight is 332 g/mol. The van der Waals surface area contributed by atoms with Crippen LogP contribution in [0.2, 0.25) is 0 Å². The van der Waals surface area contributed by atoms with Crippen molar-refractivity contribution in [2.24, 2.45) is 0 Å². The van der Waals surface area contributed by atoms with Gasteiger partial charge in [0.05, 0.1) is 35.0 Å². The molecule has 2 aromatic rings. The fourth-order valence-electron chi connectivity index (χ4n) is 2.58. The molecular weight excluding hydrogens is 306 g/mol. The normalized spacial score (nSPS) is 10.3. The summed E-state index contributed by atoms with van der Waals surface area (Å²) in [4.78, 5) is 0. The molecule has 0 saturated carbocycles. The zero-order valence-corrected chi connectivity index (χ0v) is 14.8. The molecule has 5 nitrogen and oxygen atoms in total. The predicted octanol–water partition coefficient (Wildman–Crippen LogP) is 2.03. The summed E-state index contributed by atoms with van der Waals surface area (Å²) in [5.41, 5.74) is 2.39. The van der Waals surface area contributed by atoms with Crippen LogP contribution in [0.1, 0.15) is 11.1 Å². The molecule has 0 heterocycles. The predicted molar refractivity (Wildman–Crippen MR) is 93.3 cm³/mol. The Balaban J connectivity index is 1.89. The number of hydrogen-bond donors (Lipinski definition) is 1. The van der Waals surface area contributed by atoms with Gasteiger partial charge in [-0.3, -0.25) is 0 Å². The van der Waals surface area contributed by atoms with Crippen molar-refractivity contribution in [3.8, 4) is 23.0 Å². The van der Waals surface area contributed by atoms with Crippen LogP contribution in [-0.2, 0) is 13.0 Å². The molecule has 2 N–H and O–H groups in total. The van der Waals surface area contributed by atoms with Crippen LogP contribution < -0.4 is 24.3 Å². The molecule has 0 aliphatic carbocycles. The highest BCUT2D eigenvalue weighted by Crippen LogP contribution is 2.27. The molecule has 0 amide bonds. The van der Waals surface area contributed by atoms with E-state index in [1.54, 1.807) is 28.4 Å². The van der Waals surface area contributed by atoms with E-state index < -0.39 is 0 Å². The highest BCUT2D eigenvalue weighted by Gasteiger charge is 2.08. The Bertz CT molecular complexity index is 658. The van der Waals surface area contributed by atoms with Gasteiger partial charge in [0.2, 0.25) is 0 Å². The molecule has 0 radical (unpaired) electrons. The summed E-state index contributed by atoms with van der Waals surface area (Å²) in [6, 6.07) is 12.0. The molecule has 0 aliphatic heterocycles. The average Bonchev–Trinajstić information content (AvgIpc) is 2.64. The molecule has 0 bridgehead atoms. The minimum Gasteiger partial charge on any atom is -0.497 e. The smallest absolute Gasteiger partial charge is 0.160 e. The van der Waals surface area contributed by atoms with E-state index >= 15 is 0 Å². The van der Waals surface area contributed by atoms with E-state index in [0.29, 0.717) is 0 Å². The molecule has 130 valence electrons. The summed E-state index contributed by atoms with van der Waals surface area (Å²) in [5, 5.41) is 2.26. The van der Waals surface area contributed by atoms with Gasteiger partial charge in [-0.15, -0.1) is 0 Å². The van der Waals surface area contributed by atoms with Gasteiger partial charge in [-0.05, 0) is 29.8 Å². The largest absolute Gasteiger partial charge is 0.497 e. The summed E-state index contributed by atoms with van der Waals surface area (Å²) < 4.78 is 21.3. The van der Waals surface area contributed by atoms with Crippen molar-refractivity contribution in [2.75, 3.05) is 35.0 Å². The Morgan fingerprint density at radius 2 is 1.50 bits per heavy atom. The van der Waals surface area contributed by atoms with E-state index in [1.165, 1.54) is 5.56 Å². The summed E-state index contributed by atoms with van der Waals surface area (Å²) in [5.74, 6) is 3.19. The number of nitrogens with two attached hydrogens (primary N) is 1. The van der Waals surface area contributed by atoms with Crippen molar-refractivity contribution < 1.29 is 24.3 Å². The molecule has 0 aliphatic rings. The Labute approximate surface area is 143 Å². The first-order valence-corrected chi connectivity index (χ1v) is 7.95. The third kappa shape index (κ3) is 4.55. The van der Waals surface area contributed by atoms with Crippen molar-refractivity contribution >= 4 is 0 Å². The minimum atomic E-state index is 0.758. The van der Waals surface area contributed by atoms with Crippen LogP contribution in [0.15, 0.2) is 36.4 Å². The van der Waals surface area contributed by atoms with Crippen LogP contribution in [0.25, 0.3) is 0 Å². The van der Waals surface area contributed by atoms with Crippen molar-refractivity contribution in [3.05, 3.63) is 47.5 Å². The molecule has 0 atom stereocenters. The SMILES string of the molecule is COc1ccc(C[NH2+]CCc2ccc(OC)c(OC)c2)c(OC)c1. The molecule has 0 saturated heterocycles. The highest BCUT2D eigenvalue weighted by molar-refractivity contribution is 5.43. The zero-order chi connectivity index (χ0) is 17.4. The number of rotatable bonds is 9. The van der Waals surface area contributed by atoms with E-state index in [9.17, 15) is 0 Å². The van der Waals surface area contributed by atoms with E-state index in [1.807, 2.05) is 30.3 Å². The van der Waals surface area contributed by atoms with Crippen LogP contribution in [0.3, 0.4) is 0 Å². The van der Waals surface area contributed by atoms with Gasteiger partial charge in [0.1, 0.15) is 18.0 Å². The fraction of sp³-hybridized carbons (Fsp3) is 0.368. The van der Waals surface area contributed by atoms with Crippen LogP contribution in [0.4, 0.5) is 0 Å². The number of hydrogen-bond acceptors (Lipinski definition) is 4. The molecule has 0 fully saturated rings. The number of benzene rings is 2. The van der Waals surface area contributed by atoms with Crippen molar-refractivity contribution in [1.29, 1.82) is 0 Å². The van der Waals surface area contributed by atoms with Gasteiger partial charge in [0.15, 0.2) is 11.5 Å². The minimum absolute atomic E-state index is 0.758. The van der Waals surface area contributed by atoms with Gasteiger partial charge in [0, 0.05) is 18.1 Å². The Morgan fingerprint density at radius 1 is 0.750 bits per heavy atom. The van der Waals surface area contributed by atoms with Crippen LogP contribution in [-0.4, -0.2) is 35.0 Å². The first kappa shape index (κ1) is 17.9. The van der Waals surface area contributed by atoms with Crippen molar-refractivity contribution in [3.63, 3.8) is 0 Å². The van der Waals surface area contributed by atoms with E-state index in [2.05, 4.69) is 11.4 Å². The Morgan fingerprint density at radius 3 is 2.17 bits per heavy atom. The van der Waals surface area contributed by atoms with E-state index in [4.69, 9.17) is 18.9 Å².